The highest BCUT2D eigenvalue weighted by atomic mass is 16.5. The number of aromatic hydroxyl groups is 1. The molecule has 0 spiro atoms. The van der Waals surface area contributed by atoms with Crippen LogP contribution in [0.4, 0.5) is 0 Å². The second-order valence-corrected chi connectivity index (χ2v) is 8.49. The van der Waals surface area contributed by atoms with Crippen LogP contribution < -0.4 is 10.1 Å². The van der Waals surface area contributed by atoms with Gasteiger partial charge in [-0.05, 0) is 49.1 Å². The number of methoxy groups -OCH3 is 1. The van der Waals surface area contributed by atoms with Gasteiger partial charge in [0.15, 0.2) is 5.78 Å². The molecule has 172 valence electrons. The predicted molar refractivity (Wildman–Crippen MR) is 125 cm³/mol. The average Bonchev–Trinajstić information content (AvgIpc) is 2.82. The van der Waals surface area contributed by atoms with Gasteiger partial charge in [0.1, 0.15) is 11.5 Å². The molecule has 4 rings (SSSR count). The minimum atomic E-state index is -0.544. The maximum absolute atomic E-state index is 13.6. The van der Waals surface area contributed by atoms with Gasteiger partial charge in [0.05, 0.1) is 19.3 Å². The van der Waals surface area contributed by atoms with Gasteiger partial charge in [-0.25, -0.2) is 4.79 Å². The first kappa shape index (κ1) is 22.6. The van der Waals surface area contributed by atoms with Crippen LogP contribution in [0.1, 0.15) is 56.1 Å². The Morgan fingerprint density at radius 1 is 1.12 bits per heavy atom. The van der Waals surface area contributed by atoms with Crippen LogP contribution in [0, 0.1) is 0 Å². The number of hydrogen-bond donors (Lipinski definition) is 2. The molecule has 6 heteroatoms. The summed E-state index contributed by atoms with van der Waals surface area (Å²) >= 11 is 0. The van der Waals surface area contributed by atoms with Crippen molar-refractivity contribution in [3.63, 3.8) is 0 Å². The Labute approximate surface area is 193 Å². The van der Waals surface area contributed by atoms with Gasteiger partial charge in [-0.3, -0.25) is 4.79 Å². The van der Waals surface area contributed by atoms with E-state index in [4.69, 9.17) is 9.47 Å². The summed E-state index contributed by atoms with van der Waals surface area (Å²) in [5, 5.41) is 13.1. The number of para-hydroxylation sites is 1. The number of ether oxygens (including phenoxy) is 2. The largest absolute Gasteiger partial charge is 0.508 e. The van der Waals surface area contributed by atoms with Crippen LogP contribution >= 0.6 is 0 Å². The number of esters is 1. The number of ketones is 1. The Kier molecular flexibility index (Phi) is 6.54. The van der Waals surface area contributed by atoms with E-state index in [1.165, 1.54) is 0 Å². The first-order chi connectivity index (χ1) is 15.9. The smallest absolute Gasteiger partial charge is 0.336 e. The highest BCUT2D eigenvalue weighted by molar-refractivity contribution is 6.04. The number of phenols is 1. The Balaban J connectivity index is 1.78. The van der Waals surface area contributed by atoms with Crippen molar-refractivity contribution >= 4 is 11.8 Å². The van der Waals surface area contributed by atoms with E-state index < -0.39 is 11.9 Å². The van der Waals surface area contributed by atoms with Crippen LogP contribution in [0.2, 0.25) is 0 Å². The number of allylic oxidation sites excluding steroid dienone is 3. The highest BCUT2D eigenvalue weighted by Gasteiger charge is 2.41. The molecule has 2 aromatic carbocycles. The predicted octanol–water partition coefficient (Wildman–Crippen LogP) is 4.72. The number of rotatable bonds is 6. The van der Waals surface area contributed by atoms with Crippen molar-refractivity contribution < 1.29 is 24.2 Å². The van der Waals surface area contributed by atoms with Crippen molar-refractivity contribution in [2.75, 3.05) is 13.7 Å². The molecule has 2 aromatic rings. The van der Waals surface area contributed by atoms with E-state index in [0.717, 1.165) is 22.6 Å². The third-order valence-electron chi connectivity index (χ3n) is 6.29. The number of carbonyl (C=O) groups excluding carboxylic acids is 2. The van der Waals surface area contributed by atoms with E-state index in [9.17, 15) is 14.7 Å². The van der Waals surface area contributed by atoms with Gasteiger partial charge in [0.2, 0.25) is 0 Å². The molecule has 0 saturated heterocycles. The van der Waals surface area contributed by atoms with Gasteiger partial charge in [-0.1, -0.05) is 37.3 Å². The summed E-state index contributed by atoms with van der Waals surface area (Å²) in [6.07, 6.45) is 1.67. The number of benzene rings is 2. The lowest BCUT2D eigenvalue weighted by Gasteiger charge is -2.37. The van der Waals surface area contributed by atoms with Crippen molar-refractivity contribution in [1.29, 1.82) is 0 Å². The fraction of sp³-hybridized carbons (Fsp3) is 0.333. The zero-order valence-electron chi connectivity index (χ0n) is 19.2. The molecule has 0 radical (unpaired) electrons. The fourth-order valence-corrected chi connectivity index (χ4v) is 4.81. The minimum absolute atomic E-state index is 0.00831. The maximum Gasteiger partial charge on any atom is 0.336 e. The molecule has 0 saturated carbocycles. The zero-order chi connectivity index (χ0) is 23.5. The average molecular weight is 448 g/mol. The third-order valence-corrected chi connectivity index (χ3v) is 6.29. The molecular weight excluding hydrogens is 418 g/mol. The number of dihydropyridines is 1. The monoisotopic (exact) mass is 447 g/mol. The van der Waals surface area contributed by atoms with E-state index in [1.807, 2.05) is 38.1 Å². The van der Waals surface area contributed by atoms with E-state index in [0.29, 0.717) is 42.7 Å². The molecule has 1 aliphatic carbocycles. The molecule has 0 aromatic heterocycles. The van der Waals surface area contributed by atoms with E-state index in [1.54, 1.807) is 31.4 Å². The van der Waals surface area contributed by atoms with Gasteiger partial charge in [0, 0.05) is 35.2 Å². The molecule has 6 nitrogen and oxygen atoms in total. The Bertz CT molecular complexity index is 1130. The molecule has 33 heavy (non-hydrogen) atoms. The Morgan fingerprint density at radius 2 is 1.85 bits per heavy atom. The van der Waals surface area contributed by atoms with Crippen LogP contribution in [0.3, 0.4) is 0 Å². The van der Waals surface area contributed by atoms with E-state index in [-0.39, 0.29) is 17.5 Å². The van der Waals surface area contributed by atoms with Crippen LogP contribution in [0.5, 0.6) is 11.5 Å². The number of nitrogens with one attached hydrogen (secondary N) is 1. The second kappa shape index (κ2) is 9.53. The molecule has 2 N–H and O–H groups in total. The zero-order valence-corrected chi connectivity index (χ0v) is 19.2. The molecule has 0 bridgehead atoms. The summed E-state index contributed by atoms with van der Waals surface area (Å²) in [4.78, 5) is 26.6. The van der Waals surface area contributed by atoms with Crippen LogP contribution in [-0.4, -0.2) is 30.6 Å². The van der Waals surface area contributed by atoms with E-state index >= 15 is 0 Å². The summed E-state index contributed by atoms with van der Waals surface area (Å²) in [7, 11) is 1.63. The lowest BCUT2D eigenvalue weighted by atomic mass is 9.71. The Morgan fingerprint density at radius 3 is 2.55 bits per heavy atom. The van der Waals surface area contributed by atoms with Gasteiger partial charge < -0.3 is 19.9 Å². The number of Topliss-reactive ketones (excluding diaryl/α,β-unsaturated/α-hetero) is 1. The van der Waals surface area contributed by atoms with Crippen LogP contribution in [0.15, 0.2) is 71.1 Å². The summed E-state index contributed by atoms with van der Waals surface area (Å²) in [6, 6.07) is 14.4. The molecule has 1 heterocycles. The highest BCUT2D eigenvalue weighted by Crippen LogP contribution is 2.47. The fourth-order valence-electron chi connectivity index (χ4n) is 4.81. The molecule has 2 atom stereocenters. The minimum Gasteiger partial charge on any atom is -0.508 e. The number of hydrogen-bond acceptors (Lipinski definition) is 6. The van der Waals surface area contributed by atoms with Crippen molar-refractivity contribution in [2.24, 2.45) is 0 Å². The van der Waals surface area contributed by atoms with Gasteiger partial charge in [-0.15, -0.1) is 0 Å². The first-order valence-electron chi connectivity index (χ1n) is 11.3. The quantitative estimate of drug-likeness (QED) is 0.624. The van der Waals surface area contributed by atoms with Crippen molar-refractivity contribution in [3.8, 4) is 11.5 Å². The lowest BCUT2D eigenvalue weighted by molar-refractivity contribution is -0.139. The molecule has 0 fully saturated rings. The molecule has 1 aliphatic heterocycles. The molecule has 2 unspecified atom stereocenters. The summed E-state index contributed by atoms with van der Waals surface area (Å²) in [5.74, 6) is -0.110. The second-order valence-electron chi connectivity index (χ2n) is 8.49. The molecule has 2 aliphatic rings. The standard InChI is InChI=1S/C27H29NO5/c1-4-13-33-27(31)24-16(2)28-21-14-18(20-7-5-6-8-23(20)32-3)15-22(30)26(21)25(24)17-9-11-19(29)12-10-17/h5-12,18,25,28-29H,4,13-15H2,1-3H3. The topological polar surface area (TPSA) is 84.9 Å². The summed E-state index contributed by atoms with van der Waals surface area (Å²) in [5.41, 5.74) is 4.32. The van der Waals surface area contributed by atoms with Crippen LogP contribution in [-0.2, 0) is 14.3 Å². The summed E-state index contributed by atoms with van der Waals surface area (Å²) in [6.45, 7) is 4.10. The van der Waals surface area contributed by atoms with Gasteiger partial charge in [0.25, 0.3) is 0 Å². The third kappa shape index (κ3) is 4.38. The Hall–Kier alpha value is -3.54. The van der Waals surface area contributed by atoms with E-state index in [2.05, 4.69) is 5.32 Å². The number of carbonyl (C=O) groups is 2. The first-order valence-corrected chi connectivity index (χ1v) is 11.3. The van der Waals surface area contributed by atoms with Crippen molar-refractivity contribution in [1.82, 2.24) is 5.32 Å². The maximum atomic E-state index is 13.6. The SMILES string of the molecule is CCCOC(=O)C1=C(C)NC2=C(C(=O)CC(c3ccccc3OC)C2)C1c1ccc(O)cc1. The number of phenolic OH excluding ortho intramolecular Hbond substituents is 1. The van der Waals surface area contributed by atoms with Gasteiger partial charge >= 0.3 is 5.97 Å². The summed E-state index contributed by atoms with van der Waals surface area (Å²) < 4.78 is 11.0. The van der Waals surface area contributed by atoms with Crippen molar-refractivity contribution in [3.05, 3.63) is 82.2 Å². The van der Waals surface area contributed by atoms with Crippen molar-refractivity contribution in [2.45, 2.75) is 44.9 Å². The molecule has 0 amide bonds. The van der Waals surface area contributed by atoms with Crippen LogP contribution in [0.25, 0.3) is 0 Å². The molecular formula is C27H29NO5. The lowest BCUT2D eigenvalue weighted by Crippen LogP contribution is -2.36. The van der Waals surface area contributed by atoms with Gasteiger partial charge in [-0.2, -0.15) is 0 Å². The normalized spacial score (nSPS) is 20.3.